The first-order valence-corrected chi connectivity index (χ1v) is 5.10. The normalized spacial score (nSPS) is 12.6. The molecule has 0 aliphatic rings. The largest absolute Gasteiger partial charge is 0.308 e. The molecule has 0 heterocycles. The summed E-state index contributed by atoms with van der Waals surface area (Å²) >= 11 is 0. The Balaban J connectivity index is 3.93. The van der Waals surface area contributed by atoms with Gasteiger partial charge in [0.2, 0.25) is 0 Å². The highest BCUT2D eigenvalue weighted by Gasteiger charge is 2.24. The number of hydrogen-bond donors (Lipinski definition) is 0. The van der Waals surface area contributed by atoms with Gasteiger partial charge >= 0.3 is 0 Å². The van der Waals surface area contributed by atoms with Gasteiger partial charge < -0.3 is 9.80 Å². The van der Waals surface area contributed by atoms with Gasteiger partial charge in [-0.15, -0.1) is 0 Å². The van der Waals surface area contributed by atoms with Gasteiger partial charge in [0.25, 0.3) is 0 Å². The third-order valence-electron chi connectivity index (χ3n) is 2.55. The Kier molecular flexibility index (Phi) is 5.31. The summed E-state index contributed by atoms with van der Waals surface area (Å²) in [5.74, 6) is 0.259. The Morgan fingerprint density at radius 3 is 2.00 bits per heavy atom. The standard InChI is InChI=1S/C11H24N2O/c1-10(14)11(2,3)9-13(6)8-7-12(4)5/h7-9H2,1-6H3. The SMILES string of the molecule is CC(=O)C(C)(C)CN(C)CCN(C)C. The molecule has 0 amide bonds. The zero-order valence-corrected chi connectivity index (χ0v) is 10.4. The molecule has 0 radical (unpaired) electrons. The molecule has 0 rings (SSSR count). The molecule has 3 heteroatoms. The predicted octanol–water partition coefficient (Wildman–Crippen LogP) is 1.09. The van der Waals surface area contributed by atoms with Crippen LogP contribution in [0.3, 0.4) is 0 Å². The predicted molar refractivity (Wildman–Crippen MR) is 60.5 cm³/mol. The molecular formula is C11H24N2O. The van der Waals surface area contributed by atoms with Crippen LogP contribution in [0.5, 0.6) is 0 Å². The topological polar surface area (TPSA) is 23.6 Å². The van der Waals surface area contributed by atoms with Gasteiger partial charge in [0.1, 0.15) is 5.78 Å². The van der Waals surface area contributed by atoms with Crippen molar-refractivity contribution in [3.05, 3.63) is 0 Å². The Bertz CT molecular complexity index is 188. The van der Waals surface area contributed by atoms with Crippen LogP contribution < -0.4 is 0 Å². The zero-order valence-electron chi connectivity index (χ0n) is 10.4. The Labute approximate surface area is 88.1 Å². The van der Waals surface area contributed by atoms with Crippen LogP contribution in [-0.2, 0) is 4.79 Å². The van der Waals surface area contributed by atoms with E-state index >= 15 is 0 Å². The van der Waals surface area contributed by atoms with Crippen molar-refractivity contribution in [2.75, 3.05) is 40.8 Å². The van der Waals surface area contributed by atoms with Crippen LogP contribution in [0, 0.1) is 5.41 Å². The Morgan fingerprint density at radius 1 is 1.14 bits per heavy atom. The fourth-order valence-electron chi connectivity index (χ4n) is 1.24. The van der Waals surface area contributed by atoms with Gasteiger partial charge in [0.05, 0.1) is 0 Å². The number of hydrogen-bond acceptors (Lipinski definition) is 3. The fourth-order valence-corrected chi connectivity index (χ4v) is 1.24. The molecule has 0 spiro atoms. The fraction of sp³-hybridized carbons (Fsp3) is 0.909. The van der Waals surface area contributed by atoms with E-state index in [-0.39, 0.29) is 11.2 Å². The van der Waals surface area contributed by atoms with Crippen molar-refractivity contribution in [3.8, 4) is 0 Å². The van der Waals surface area contributed by atoms with Gasteiger partial charge in [-0.25, -0.2) is 0 Å². The smallest absolute Gasteiger partial charge is 0.136 e. The van der Waals surface area contributed by atoms with Crippen molar-refractivity contribution in [2.24, 2.45) is 5.41 Å². The molecule has 0 atom stereocenters. The van der Waals surface area contributed by atoms with Crippen molar-refractivity contribution in [1.29, 1.82) is 0 Å². The number of ketones is 1. The van der Waals surface area contributed by atoms with E-state index in [1.807, 2.05) is 13.8 Å². The molecule has 0 saturated carbocycles. The summed E-state index contributed by atoms with van der Waals surface area (Å²) in [6, 6.07) is 0. The highest BCUT2D eigenvalue weighted by atomic mass is 16.1. The lowest BCUT2D eigenvalue weighted by atomic mass is 9.88. The maximum Gasteiger partial charge on any atom is 0.136 e. The summed E-state index contributed by atoms with van der Waals surface area (Å²) in [6.45, 7) is 8.53. The second-order valence-electron chi connectivity index (χ2n) is 4.98. The first-order valence-electron chi connectivity index (χ1n) is 5.10. The van der Waals surface area contributed by atoms with Crippen molar-refractivity contribution in [3.63, 3.8) is 0 Å². The number of carbonyl (C=O) groups is 1. The van der Waals surface area contributed by atoms with Gasteiger partial charge in [-0.05, 0) is 28.1 Å². The molecular weight excluding hydrogens is 176 g/mol. The average Bonchev–Trinajstić information content (AvgIpc) is 1.99. The molecule has 0 aromatic carbocycles. The number of rotatable bonds is 6. The lowest BCUT2D eigenvalue weighted by Gasteiger charge is -2.28. The molecule has 84 valence electrons. The quantitative estimate of drug-likeness (QED) is 0.641. The van der Waals surface area contributed by atoms with E-state index in [4.69, 9.17) is 0 Å². The molecule has 3 nitrogen and oxygen atoms in total. The summed E-state index contributed by atoms with van der Waals surface area (Å²) in [7, 11) is 6.18. The number of Topliss-reactive ketones (excluding diaryl/α,β-unsaturated/α-hetero) is 1. The van der Waals surface area contributed by atoms with Crippen LogP contribution in [0.2, 0.25) is 0 Å². The maximum atomic E-state index is 11.3. The molecule has 0 fully saturated rings. The summed E-state index contributed by atoms with van der Waals surface area (Å²) in [4.78, 5) is 15.7. The molecule has 0 aromatic heterocycles. The van der Waals surface area contributed by atoms with Crippen molar-refractivity contribution >= 4 is 5.78 Å². The van der Waals surface area contributed by atoms with Crippen molar-refractivity contribution < 1.29 is 4.79 Å². The third kappa shape index (κ3) is 5.35. The first-order chi connectivity index (χ1) is 6.25. The van der Waals surface area contributed by atoms with E-state index in [0.29, 0.717) is 0 Å². The van der Waals surface area contributed by atoms with Gasteiger partial charge in [-0.2, -0.15) is 0 Å². The summed E-state index contributed by atoms with van der Waals surface area (Å²) in [5.41, 5.74) is -0.221. The van der Waals surface area contributed by atoms with Crippen LogP contribution in [0.15, 0.2) is 0 Å². The van der Waals surface area contributed by atoms with Gasteiger partial charge in [0.15, 0.2) is 0 Å². The second kappa shape index (κ2) is 5.47. The molecule has 0 unspecified atom stereocenters. The molecule has 0 N–H and O–H groups in total. The maximum absolute atomic E-state index is 11.3. The average molecular weight is 200 g/mol. The minimum atomic E-state index is -0.221. The molecule has 14 heavy (non-hydrogen) atoms. The Hall–Kier alpha value is -0.410. The lowest BCUT2D eigenvalue weighted by molar-refractivity contribution is -0.125. The van der Waals surface area contributed by atoms with E-state index < -0.39 is 0 Å². The second-order valence-corrected chi connectivity index (χ2v) is 4.98. The Morgan fingerprint density at radius 2 is 1.64 bits per heavy atom. The summed E-state index contributed by atoms with van der Waals surface area (Å²) < 4.78 is 0. The molecule has 0 aliphatic heterocycles. The highest BCUT2D eigenvalue weighted by Crippen LogP contribution is 2.17. The molecule has 0 saturated heterocycles. The van der Waals surface area contributed by atoms with Gasteiger partial charge in [-0.3, -0.25) is 4.79 Å². The first kappa shape index (κ1) is 13.6. The van der Waals surface area contributed by atoms with Crippen LogP contribution in [0.25, 0.3) is 0 Å². The van der Waals surface area contributed by atoms with Crippen LogP contribution in [-0.4, -0.2) is 56.4 Å². The van der Waals surface area contributed by atoms with E-state index in [9.17, 15) is 4.79 Å². The van der Waals surface area contributed by atoms with E-state index in [2.05, 4.69) is 30.9 Å². The summed E-state index contributed by atoms with van der Waals surface area (Å²) in [6.07, 6.45) is 0. The third-order valence-corrected chi connectivity index (χ3v) is 2.55. The highest BCUT2D eigenvalue weighted by molar-refractivity contribution is 5.81. The number of carbonyl (C=O) groups excluding carboxylic acids is 1. The van der Waals surface area contributed by atoms with Gasteiger partial charge in [0, 0.05) is 25.0 Å². The minimum Gasteiger partial charge on any atom is -0.308 e. The van der Waals surface area contributed by atoms with Gasteiger partial charge in [-0.1, -0.05) is 13.8 Å². The molecule has 0 bridgehead atoms. The van der Waals surface area contributed by atoms with Crippen LogP contribution in [0.4, 0.5) is 0 Å². The van der Waals surface area contributed by atoms with E-state index in [0.717, 1.165) is 19.6 Å². The molecule has 0 aliphatic carbocycles. The van der Waals surface area contributed by atoms with Crippen molar-refractivity contribution in [1.82, 2.24) is 9.80 Å². The van der Waals surface area contributed by atoms with Crippen LogP contribution >= 0.6 is 0 Å². The van der Waals surface area contributed by atoms with Crippen molar-refractivity contribution in [2.45, 2.75) is 20.8 Å². The van der Waals surface area contributed by atoms with E-state index in [1.54, 1.807) is 6.92 Å². The summed E-state index contributed by atoms with van der Waals surface area (Å²) in [5, 5.41) is 0. The van der Waals surface area contributed by atoms with Crippen LogP contribution in [0.1, 0.15) is 20.8 Å². The zero-order chi connectivity index (χ0) is 11.4. The number of nitrogens with zero attached hydrogens (tertiary/aromatic N) is 2. The monoisotopic (exact) mass is 200 g/mol. The lowest BCUT2D eigenvalue weighted by Crippen LogP contribution is -2.39. The minimum absolute atomic E-state index is 0.221. The number of likely N-dealkylation sites (N-methyl/N-ethyl adjacent to an activating group) is 2. The van der Waals surface area contributed by atoms with E-state index in [1.165, 1.54) is 0 Å². The molecule has 0 aromatic rings.